The van der Waals surface area contributed by atoms with Crippen LogP contribution in [0.1, 0.15) is 57.7 Å². The molecule has 144 valence electrons. The maximum atomic E-state index is 6.36. The van der Waals surface area contributed by atoms with Crippen LogP contribution < -0.4 is 14.2 Å². The van der Waals surface area contributed by atoms with E-state index in [0.29, 0.717) is 6.61 Å². The first-order valence-corrected chi connectivity index (χ1v) is 9.93. The third kappa shape index (κ3) is 3.65. The molecule has 0 spiro atoms. The Kier molecular flexibility index (Phi) is 4.37. The quantitative estimate of drug-likeness (QED) is 0.725. The lowest BCUT2D eigenvalue weighted by molar-refractivity contribution is 0.0700. The lowest BCUT2D eigenvalue weighted by atomic mass is 9.79. The topological polar surface area (TPSA) is 27.7 Å². The summed E-state index contributed by atoms with van der Waals surface area (Å²) in [5, 5.41) is 0. The molecule has 2 aliphatic heterocycles. The van der Waals surface area contributed by atoms with Gasteiger partial charge in [0, 0.05) is 6.42 Å². The average Bonchev–Trinajstić information content (AvgIpc) is 3.07. The van der Waals surface area contributed by atoms with E-state index in [2.05, 4.69) is 65.0 Å². The van der Waals surface area contributed by atoms with Gasteiger partial charge in [-0.2, -0.15) is 0 Å². The summed E-state index contributed by atoms with van der Waals surface area (Å²) in [6.45, 7) is 12.6. The van der Waals surface area contributed by atoms with E-state index in [1.54, 1.807) is 0 Å². The van der Waals surface area contributed by atoms with Crippen LogP contribution in [-0.2, 0) is 17.3 Å². The van der Waals surface area contributed by atoms with E-state index in [4.69, 9.17) is 14.2 Å². The Balaban J connectivity index is 1.52. The summed E-state index contributed by atoms with van der Waals surface area (Å²) in [4.78, 5) is 0. The molecule has 0 aromatic heterocycles. The van der Waals surface area contributed by atoms with Crippen molar-refractivity contribution in [1.29, 1.82) is 0 Å². The molecule has 0 fully saturated rings. The van der Waals surface area contributed by atoms with E-state index in [9.17, 15) is 0 Å². The Morgan fingerprint density at radius 2 is 1.59 bits per heavy atom. The highest BCUT2D eigenvalue weighted by Crippen LogP contribution is 2.40. The average molecular weight is 367 g/mol. The Bertz CT molecular complexity index is 845. The van der Waals surface area contributed by atoms with E-state index in [0.717, 1.165) is 36.7 Å². The van der Waals surface area contributed by atoms with Crippen molar-refractivity contribution in [3.63, 3.8) is 0 Å². The molecule has 1 atom stereocenters. The minimum atomic E-state index is -0.0197. The van der Waals surface area contributed by atoms with Gasteiger partial charge in [-0.15, -0.1) is 0 Å². The van der Waals surface area contributed by atoms with Crippen LogP contribution in [0.4, 0.5) is 0 Å². The van der Waals surface area contributed by atoms with Crippen LogP contribution in [0.15, 0.2) is 36.4 Å². The molecule has 3 nitrogen and oxygen atoms in total. The minimum Gasteiger partial charge on any atom is -0.493 e. The second kappa shape index (κ2) is 6.47. The first-order valence-electron chi connectivity index (χ1n) is 9.93. The van der Waals surface area contributed by atoms with Crippen LogP contribution in [0.3, 0.4) is 0 Å². The molecule has 0 saturated heterocycles. The summed E-state index contributed by atoms with van der Waals surface area (Å²) >= 11 is 0. The van der Waals surface area contributed by atoms with Crippen molar-refractivity contribution in [2.45, 2.75) is 64.4 Å². The summed E-state index contributed by atoms with van der Waals surface area (Å²) in [5.41, 5.74) is 3.94. The molecular formula is C24H30O3. The van der Waals surface area contributed by atoms with Gasteiger partial charge in [0.2, 0.25) is 0 Å². The molecule has 0 radical (unpaired) electrons. The van der Waals surface area contributed by atoms with Gasteiger partial charge in [-0.25, -0.2) is 0 Å². The Labute approximate surface area is 162 Å². The molecule has 2 aromatic rings. The van der Waals surface area contributed by atoms with Crippen molar-refractivity contribution in [2.75, 3.05) is 13.2 Å². The minimum absolute atomic E-state index is 0.0197. The summed E-state index contributed by atoms with van der Waals surface area (Å²) < 4.78 is 18.1. The van der Waals surface area contributed by atoms with Crippen molar-refractivity contribution in [1.82, 2.24) is 0 Å². The van der Waals surface area contributed by atoms with Gasteiger partial charge in [-0.3, -0.25) is 0 Å². The molecule has 27 heavy (non-hydrogen) atoms. The highest BCUT2D eigenvalue weighted by Gasteiger charge is 2.31. The monoisotopic (exact) mass is 366 g/mol. The van der Waals surface area contributed by atoms with Gasteiger partial charge >= 0.3 is 0 Å². The van der Waals surface area contributed by atoms with Crippen LogP contribution in [0.2, 0.25) is 0 Å². The smallest absolute Gasteiger partial charge is 0.162 e. The van der Waals surface area contributed by atoms with Crippen LogP contribution in [0.25, 0.3) is 0 Å². The van der Waals surface area contributed by atoms with E-state index < -0.39 is 0 Å². The van der Waals surface area contributed by atoms with Crippen LogP contribution >= 0.6 is 0 Å². The first-order chi connectivity index (χ1) is 12.7. The highest BCUT2D eigenvalue weighted by molar-refractivity contribution is 5.46. The van der Waals surface area contributed by atoms with Crippen molar-refractivity contribution in [3.05, 3.63) is 53.1 Å². The van der Waals surface area contributed by atoms with E-state index in [1.807, 2.05) is 6.07 Å². The summed E-state index contributed by atoms with van der Waals surface area (Å²) in [6, 6.07) is 13.0. The molecular weight excluding hydrogens is 336 g/mol. The van der Waals surface area contributed by atoms with E-state index in [-0.39, 0.29) is 16.9 Å². The van der Waals surface area contributed by atoms with Crippen molar-refractivity contribution in [3.8, 4) is 17.2 Å². The molecule has 0 aliphatic carbocycles. The fraction of sp³-hybridized carbons (Fsp3) is 0.500. The fourth-order valence-corrected chi connectivity index (χ4v) is 3.96. The number of hydrogen-bond acceptors (Lipinski definition) is 3. The molecule has 2 aliphatic rings. The standard InChI is InChI=1S/C24H30O3/c1-23(2,3)17-8-9-20-22(12-17)27-19(15-26-20)14-24(4,5)18-7-6-16-10-11-25-21(16)13-18/h6-9,12-13,19H,10-11,14-15H2,1-5H3. The SMILES string of the molecule is CC(C)(C)c1ccc2c(c1)OC(CC(C)(C)c1ccc3c(c1)OCC3)CO2. The molecule has 0 saturated carbocycles. The second-order valence-corrected chi connectivity index (χ2v) is 9.47. The molecule has 0 bridgehead atoms. The molecule has 2 aromatic carbocycles. The number of benzene rings is 2. The fourth-order valence-electron chi connectivity index (χ4n) is 3.96. The molecule has 2 heterocycles. The summed E-state index contributed by atoms with van der Waals surface area (Å²) in [6.07, 6.45) is 1.95. The van der Waals surface area contributed by atoms with Crippen molar-refractivity contribution < 1.29 is 14.2 Å². The summed E-state index contributed by atoms with van der Waals surface area (Å²) in [5.74, 6) is 2.76. The van der Waals surface area contributed by atoms with Gasteiger partial charge in [0.05, 0.1) is 6.61 Å². The lowest BCUT2D eigenvalue weighted by Gasteiger charge is -2.34. The predicted molar refractivity (Wildman–Crippen MR) is 108 cm³/mol. The maximum Gasteiger partial charge on any atom is 0.162 e. The zero-order chi connectivity index (χ0) is 19.2. The molecule has 4 rings (SSSR count). The Morgan fingerprint density at radius 3 is 2.37 bits per heavy atom. The zero-order valence-electron chi connectivity index (χ0n) is 17.1. The number of rotatable bonds is 3. The van der Waals surface area contributed by atoms with Crippen LogP contribution in [0.5, 0.6) is 17.2 Å². The maximum absolute atomic E-state index is 6.36. The molecule has 0 amide bonds. The first kappa shape index (κ1) is 18.2. The highest BCUT2D eigenvalue weighted by atomic mass is 16.6. The zero-order valence-corrected chi connectivity index (χ0v) is 17.1. The van der Waals surface area contributed by atoms with Crippen molar-refractivity contribution >= 4 is 0 Å². The van der Waals surface area contributed by atoms with Gasteiger partial charge in [0.25, 0.3) is 0 Å². The van der Waals surface area contributed by atoms with E-state index in [1.165, 1.54) is 16.7 Å². The normalized spacial score (nSPS) is 18.8. The lowest BCUT2D eigenvalue weighted by Crippen LogP contribution is -2.35. The van der Waals surface area contributed by atoms with Gasteiger partial charge in [0.15, 0.2) is 11.5 Å². The van der Waals surface area contributed by atoms with Gasteiger partial charge in [0.1, 0.15) is 18.5 Å². The summed E-state index contributed by atoms with van der Waals surface area (Å²) in [7, 11) is 0. The van der Waals surface area contributed by atoms with Crippen LogP contribution in [0, 0.1) is 0 Å². The largest absolute Gasteiger partial charge is 0.493 e. The van der Waals surface area contributed by atoms with Gasteiger partial charge < -0.3 is 14.2 Å². The molecule has 1 unspecified atom stereocenters. The predicted octanol–water partition coefficient (Wildman–Crippen LogP) is 5.43. The number of ether oxygens (including phenoxy) is 3. The second-order valence-electron chi connectivity index (χ2n) is 9.47. The van der Waals surface area contributed by atoms with Crippen LogP contribution in [-0.4, -0.2) is 19.3 Å². The Hall–Kier alpha value is -2.16. The number of fused-ring (bicyclic) bond motifs is 2. The third-order valence-electron chi connectivity index (χ3n) is 5.74. The van der Waals surface area contributed by atoms with Crippen molar-refractivity contribution in [2.24, 2.45) is 0 Å². The van der Waals surface area contributed by atoms with E-state index >= 15 is 0 Å². The number of hydrogen-bond donors (Lipinski definition) is 0. The Morgan fingerprint density at radius 1 is 0.852 bits per heavy atom. The van der Waals surface area contributed by atoms with Gasteiger partial charge in [-0.1, -0.05) is 52.8 Å². The third-order valence-corrected chi connectivity index (χ3v) is 5.74. The molecule has 3 heteroatoms. The van der Waals surface area contributed by atoms with Gasteiger partial charge in [-0.05, 0) is 52.1 Å². The molecule has 0 N–H and O–H groups in total.